The zero-order valence-corrected chi connectivity index (χ0v) is 11.9. The number of ether oxygens (including phenoxy) is 1. The van der Waals surface area contributed by atoms with Crippen LogP contribution in [0.25, 0.3) is 6.08 Å². The summed E-state index contributed by atoms with van der Waals surface area (Å²) in [4.78, 5) is 0. The molecule has 1 aromatic carbocycles. The topological polar surface area (TPSA) is 46.6 Å². The monoisotopic (exact) mass is 279 g/mol. The van der Waals surface area contributed by atoms with Crippen LogP contribution < -0.4 is 9.04 Å². The summed E-state index contributed by atoms with van der Waals surface area (Å²) >= 11 is 0. The Morgan fingerprint density at radius 2 is 2.21 bits per heavy atom. The van der Waals surface area contributed by atoms with Crippen LogP contribution in [0.4, 0.5) is 5.69 Å². The summed E-state index contributed by atoms with van der Waals surface area (Å²) < 4.78 is 30.6. The Balaban J connectivity index is 2.55. The van der Waals surface area contributed by atoms with Crippen LogP contribution in [0.15, 0.2) is 36.9 Å². The van der Waals surface area contributed by atoms with E-state index in [-0.39, 0.29) is 6.04 Å². The minimum atomic E-state index is -3.34. The Morgan fingerprint density at radius 1 is 1.47 bits per heavy atom. The molecule has 2 rings (SSSR count). The van der Waals surface area contributed by atoms with Gasteiger partial charge < -0.3 is 4.74 Å². The molecule has 0 aromatic heterocycles. The first-order chi connectivity index (χ1) is 8.97. The van der Waals surface area contributed by atoms with Crippen LogP contribution in [0.5, 0.6) is 5.75 Å². The molecule has 1 heterocycles. The average molecular weight is 279 g/mol. The fourth-order valence-electron chi connectivity index (χ4n) is 2.23. The molecule has 1 aliphatic heterocycles. The maximum Gasteiger partial charge on any atom is 0.232 e. The van der Waals surface area contributed by atoms with Gasteiger partial charge in [0.2, 0.25) is 10.0 Å². The van der Waals surface area contributed by atoms with Crippen molar-refractivity contribution in [1.29, 1.82) is 0 Å². The zero-order chi connectivity index (χ0) is 14.0. The molecule has 0 aliphatic carbocycles. The van der Waals surface area contributed by atoms with E-state index in [9.17, 15) is 8.42 Å². The second-order valence-electron chi connectivity index (χ2n) is 4.43. The third kappa shape index (κ3) is 2.66. The second kappa shape index (κ2) is 5.09. The molecule has 0 spiro atoms. The van der Waals surface area contributed by atoms with Gasteiger partial charge in [-0.3, -0.25) is 4.31 Å². The third-order valence-electron chi connectivity index (χ3n) is 3.04. The Hall–Kier alpha value is -1.75. The number of hydrogen-bond acceptors (Lipinski definition) is 3. The molecule has 19 heavy (non-hydrogen) atoms. The SMILES string of the molecule is C=CCC1C=Cc2cc(OC)ccc2N1S(C)(=O)=O. The number of rotatable bonds is 4. The fourth-order valence-corrected chi connectivity index (χ4v) is 3.41. The summed E-state index contributed by atoms with van der Waals surface area (Å²) in [6.45, 7) is 3.68. The van der Waals surface area contributed by atoms with Crippen LogP contribution in [0.2, 0.25) is 0 Å². The summed E-state index contributed by atoms with van der Waals surface area (Å²) in [7, 11) is -1.75. The van der Waals surface area contributed by atoms with Gasteiger partial charge in [0.15, 0.2) is 0 Å². The summed E-state index contributed by atoms with van der Waals surface area (Å²) in [6.07, 6.45) is 7.32. The van der Waals surface area contributed by atoms with Crippen molar-refractivity contribution in [2.24, 2.45) is 0 Å². The van der Waals surface area contributed by atoms with Gasteiger partial charge in [-0.05, 0) is 24.6 Å². The predicted molar refractivity (Wildman–Crippen MR) is 78.0 cm³/mol. The molecule has 0 amide bonds. The van der Waals surface area contributed by atoms with Crippen molar-refractivity contribution >= 4 is 21.8 Å². The van der Waals surface area contributed by atoms with Crippen molar-refractivity contribution in [2.45, 2.75) is 12.5 Å². The molecule has 0 saturated heterocycles. The Bertz CT molecular complexity index is 620. The van der Waals surface area contributed by atoms with Gasteiger partial charge in [-0.25, -0.2) is 8.42 Å². The Morgan fingerprint density at radius 3 is 2.79 bits per heavy atom. The molecule has 1 atom stereocenters. The number of nitrogens with zero attached hydrogens (tertiary/aromatic N) is 1. The van der Waals surface area contributed by atoms with Crippen LogP contribution in [0.3, 0.4) is 0 Å². The molecule has 0 radical (unpaired) electrons. The maximum atomic E-state index is 12.0. The van der Waals surface area contributed by atoms with E-state index in [0.29, 0.717) is 17.9 Å². The van der Waals surface area contributed by atoms with E-state index in [1.165, 1.54) is 10.6 Å². The molecule has 1 unspecified atom stereocenters. The second-order valence-corrected chi connectivity index (χ2v) is 6.29. The summed E-state index contributed by atoms with van der Waals surface area (Å²) in [6, 6.07) is 5.15. The third-order valence-corrected chi connectivity index (χ3v) is 4.22. The lowest BCUT2D eigenvalue weighted by Crippen LogP contribution is -2.40. The number of sulfonamides is 1. The van der Waals surface area contributed by atoms with Crippen LogP contribution in [-0.4, -0.2) is 27.8 Å². The highest BCUT2D eigenvalue weighted by atomic mass is 32.2. The molecule has 102 valence electrons. The van der Waals surface area contributed by atoms with Crippen molar-refractivity contribution < 1.29 is 13.2 Å². The molecule has 0 N–H and O–H groups in total. The minimum absolute atomic E-state index is 0.214. The first-order valence-electron chi connectivity index (χ1n) is 5.94. The van der Waals surface area contributed by atoms with Gasteiger partial charge in [0.1, 0.15) is 5.75 Å². The van der Waals surface area contributed by atoms with Gasteiger partial charge in [-0.15, -0.1) is 6.58 Å². The van der Waals surface area contributed by atoms with Gasteiger partial charge in [0, 0.05) is 5.56 Å². The molecule has 5 heteroatoms. The van der Waals surface area contributed by atoms with E-state index in [4.69, 9.17) is 4.74 Å². The number of benzene rings is 1. The fraction of sp³-hybridized carbons (Fsp3) is 0.286. The number of hydrogen-bond donors (Lipinski definition) is 0. The normalized spacial score (nSPS) is 18.0. The van der Waals surface area contributed by atoms with Crippen LogP contribution in [-0.2, 0) is 10.0 Å². The van der Waals surface area contributed by atoms with E-state index in [0.717, 1.165) is 5.56 Å². The molecule has 0 saturated carbocycles. The largest absolute Gasteiger partial charge is 0.497 e. The van der Waals surface area contributed by atoms with E-state index >= 15 is 0 Å². The quantitative estimate of drug-likeness (QED) is 0.795. The number of fused-ring (bicyclic) bond motifs is 1. The van der Waals surface area contributed by atoms with Gasteiger partial charge in [0.05, 0.1) is 25.1 Å². The van der Waals surface area contributed by atoms with Crippen molar-refractivity contribution in [3.8, 4) is 5.75 Å². The summed E-state index contributed by atoms with van der Waals surface area (Å²) in [5.41, 5.74) is 1.52. The highest BCUT2D eigenvalue weighted by Gasteiger charge is 2.28. The van der Waals surface area contributed by atoms with E-state index in [1.807, 2.05) is 18.2 Å². The van der Waals surface area contributed by atoms with E-state index < -0.39 is 10.0 Å². The molecule has 0 bridgehead atoms. The average Bonchev–Trinajstić information content (AvgIpc) is 2.36. The van der Waals surface area contributed by atoms with Crippen molar-refractivity contribution in [1.82, 2.24) is 0 Å². The zero-order valence-electron chi connectivity index (χ0n) is 11.0. The van der Waals surface area contributed by atoms with Gasteiger partial charge in [-0.2, -0.15) is 0 Å². The van der Waals surface area contributed by atoms with Crippen LogP contribution in [0.1, 0.15) is 12.0 Å². The lowest BCUT2D eigenvalue weighted by molar-refractivity contribution is 0.414. The van der Waals surface area contributed by atoms with Gasteiger partial charge >= 0.3 is 0 Å². The smallest absolute Gasteiger partial charge is 0.232 e. The van der Waals surface area contributed by atoms with E-state index in [1.54, 1.807) is 25.3 Å². The maximum absolute atomic E-state index is 12.0. The highest BCUT2D eigenvalue weighted by Crippen LogP contribution is 2.34. The molecule has 1 aromatic rings. The molecular weight excluding hydrogens is 262 g/mol. The Kier molecular flexibility index (Phi) is 3.66. The van der Waals surface area contributed by atoms with Crippen molar-refractivity contribution in [2.75, 3.05) is 17.7 Å². The molecular formula is C14H17NO3S. The first-order valence-corrected chi connectivity index (χ1v) is 7.78. The molecule has 0 fully saturated rings. The molecule has 4 nitrogen and oxygen atoms in total. The first kappa shape index (κ1) is 13.7. The van der Waals surface area contributed by atoms with Crippen LogP contribution >= 0.6 is 0 Å². The highest BCUT2D eigenvalue weighted by molar-refractivity contribution is 7.92. The van der Waals surface area contributed by atoms with Gasteiger partial charge in [0.25, 0.3) is 0 Å². The van der Waals surface area contributed by atoms with E-state index in [2.05, 4.69) is 6.58 Å². The van der Waals surface area contributed by atoms with Crippen molar-refractivity contribution in [3.63, 3.8) is 0 Å². The van der Waals surface area contributed by atoms with Gasteiger partial charge in [-0.1, -0.05) is 18.2 Å². The molecule has 1 aliphatic rings. The minimum Gasteiger partial charge on any atom is -0.497 e. The summed E-state index contributed by atoms with van der Waals surface area (Å²) in [5.74, 6) is 0.707. The lowest BCUT2D eigenvalue weighted by Gasteiger charge is -2.33. The standard InChI is InChI=1S/C14H17NO3S/c1-4-5-12-7-6-11-10-13(18-2)8-9-14(11)15(12)19(3,16)17/h4,6-10,12H,1,5H2,2-3H3. The van der Waals surface area contributed by atoms with Crippen LogP contribution in [0, 0.1) is 0 Å². The number of anilines is 1. The van der Waals surface area contributed by atoms with Crippen molar-refractivity contribution in [3.05, 3.63) is 42.5 Å². The lowest BCUT2D eigenvalue weighted by atomic mass is 10.0. The number of methoxy groups -OCH3 is 1. The Labute approximate surface area is 114 Å². The summed E-state index contributed by atoms with van der Waals surface area (Å²) in [5, 5.41) is 0. The predicted octanol–water partition coefficient (Wildman–Crippen LogP) is 2.43.